The van der Waals surface area contributed by atoms with Crippen molar-refractivity contribution < 1.29 is 13.6 Å². The molecule has 1 aromatic carbocycles. The lowest BCUT2D eigenvalue weighted by Gasteiger charge is -2.18. The molecule has 1 aliphatic heterocycles. The number of furan rings is 1. The van der Waals surface area contributed by atoms with Crippen molar-refractivity contribution in [2.75, 3.05) is 18.0 Å². The molecule has 7 heteroatoms. The van der Waals surface area contributed by atoms with Crippen molar-refractivity contribution in [3.05, 3.63) is 52.9 Å². The highest BCUT2D eigenvalue weighted by atomic mass is 35.5. The van der Waals surface area contributed by atoms with Gasteiger partial charge in [0, 0.05) is 18.1 Å². The van der Waals surface area contributed by atoms with E-state index in [2.05, 4.69) is 16.0 Å². The van der Waals surface area contributed by atoms with E-state index >= 15 is 0 Å². The number of rotatable bonds is 5. The molecule has 0 saturated carbocycles. The largest absolute Gasteiger partial charge is 0.486 e. The number of anilines is 1. The number of aromatic nitrogens is 1. The molecule has 0 unspecified atom stereocenters. The van der Waals surface area contributed by atoms with Crippen LogP contribution in [0.3, 0.4) is 0 Å². The fraction of sp³-hybridized carbons (Fsp3) is 0.333. The molecule has 1 aliphatic rings. The van der Waals surface area contributed by atoms with E-state index in [1.54, 1.807) is 30.3 Å². The van der Waals surface area contributed by atoms with E-state index < -0.39 is 0 Å². The molecular weight excluding hydrogens is 378 g/mol. The quantitative estimate of drug-likeness (QED) is 0.572. The Morgan fingerprint density at radius 1 is 1.04 bits per heavy atom. The highest BCUT2D eigenvalue weighted by Crippen LogP contribution is 2.31. The molecule has 0 atom stereocenters. The first kappa shape index (κ1) is 18.5. The van der Waals surface area contributed by atoms with E-state index in [0.717, 1.165) is 25.9 Å². The summed E-state index contributed by atoms with van der Waals surface area (Å²) in [7, 11) is 0. The van der Waals surface area contributed by atoms with Crippen LogP contribution >= 0.6 is 11.6 Å². The monoisotopic (exact) mass is 397 g/mol. The normalized spacial score (nSPS) is 14.5. The zero-order valence-corrected chi connectivity index (χ0v) is 16.1. The summed E-state index contributed by atoms with van der Waals surface area (Å²) < 4.78 is 17.4. The van der Waals surface area contributed by atoms with Crippen molar-refractivity contribution in [3.63, 3.8) is 0 Å². The molecule has 1 saturated heterocycles. The number of benzene rings is 1. The van der Waals surface area contributed by atoms with Crippen LogP contribution < -0.4 is 9.64 Å². The molecule has 2 aromatic heterocycles. The summed E-state index contributed by atoms with van der Waals surface area (Å²) in [6, 6.07) is 12.9. The first-order valence-electron chi connectivity index (χ1n) is 9.36. The summed E-state index contributed by atoms with van der Waals surface area (Å²) in [6.07, 6.45) is 4.59. The van der Waals surface area contributed by atoms with Crippen LogP contribution in [0.2, 0.25) is 5.02 Å². The molecule has 3 heterocycles. The van der Waals surface area contributed by atoms with Gasteiger partial charge < -0.3 is 18.5 Å². The Kier molecular flexibility index (Phi) is 5.54. The van der Waals surface area contributed by atoms with Crippen molar-refractivity contribution in [2.45, 2.75) is 32.3 Å². The van der Waals surface area contributed by atoms with E-state index in [1.165, 1.54) is 12.8 Å². The minimum atomic E-state index is 0.270. The fourth-order valence-electron chi connectivity index (χ4n) is 3.23. The van der Waals surface area contributed by atoms with Crippen LogP contribution in [0.1, 0.15) is 37.1 Å². The summed E-state index contributed by atoms with van der Waals surface area (Å²) in [4.78, 5) is 6.43. The van der Waals surface area contributed by atoms with Crippen molar-refractivity contribution >= 4 is 17.5 Å². The molecule has 0 amide bonds. The maximum Gasteiger partial charge on any atom is 0.266 e. The third kappa shape index (κ3) is 4.15. The number of nitriles is 1. The number of hydrogen-bond acceptors (Lipinski definition) is 6. The maximum absolute atomic E-state index is 9.46. The molecule has 0 bridgehead atoms. The molecule has 0 spiro atoms. The Labute approximate surface area is 168 Å². The second kappa shape index (κ2) is 8.41. The van der Waals surface area contributed by atoms with Crippen LogP contribution in [0.5, 0.6) is 5.75 Å². The zero-order valence-electron chi connectivity index (χ0n) is 15.4. The number of halogens is 1. The average molecular weight is 398 g/mol. The fourth-order valence-corrected chi connectivity index (χ4v) is 3.36. The van der Waals surface area contributed by atoms with Crippen molar-refractivity contribution in [3.8, 4) is 23.5 Å². The SMILES string of the molecule is N#Cc1nc(-c2ccc(COc3ccc(Cl)cc3)o2)oc1N1CCCCCC1. The Morgan fingerprint density at radius 3 is 2.50 bits per heavy atom. The molecule has 1 fully saturated rings. The van der Waals surface area contributed by atoms with Crippen LogP contribution in [0.15, 0.2) is 45.2 Å². The minimum Gasteiger partial charge on any atom is -0.486 e. The molecule has 4 rings (SSSR count). The number of oxazole rings is 1. The van der Waals surface area contributed by atoms with E-state index in [1.807, 2.05) is 6.07 Å². The van der Waals surface area contributed by atoms with E-state index in [0.29, 0.717) is 39.8 Å². The second-order valence-electron chi connectivity index (χ2n) is 6.69. The highest BCUT2D eigenvalue weighted by Gasteiger charge is 2.22. The molecule has 0 radical (unpaired) electrons. The highest BCUT2D eigenvalue weighted by molar-refractivity contribution is 6.30. The molecule has 3 aromatic rings. The topological polar surface area (TPSA) is 75.4 Å². The minimum absolute atomic E-state index is 0.270. The van der Waals surface area contributed by atoms with Gasteiger partial charge in [0.15, 0.2) is 5.76 Å². The summed E-state index contributed by atoms with van der Waals surface area (Å²) in [5, 5.41) is 10.1. The standard InChI is InChI=1S/C21H20ClN3O3/c22-15-5-7-16(8-6-15)26-14-17-9-10-19(27-17)20-24-18(13-23)21(28-20)25-11-3-1-2-4-12-25/h5-10H,1-4,11-12,14H2. The maximum atomic E-state index is 9.46. The van der Waals surface area contributed by atoms with Gasteiger partial charge in [-0.2, -0.15) is 10.2 Å². The Bertz CT molecular complexity index is 964. The molecule has 0 N–H and O–H groups in total. The van der Waals surface area contributed by atoms with Gasteiger partial charge in [-0.25, -0.2) is 0 Å². The molecule has 144 valence electrons. The molecule has 0 aliphatic carbocycles. The second-order valence-corrected chi connectivity index (χ2v) is 7.13. The summed E-state index contributed by atoms with van der Waals surface area (Å²) >= 11 is 5.87. The van der Waals surface area contributed by atoms with Gasteiger partial charge in [-0.3, -0.25) is 0 Å². The predicted octanol–water partition coefficient (Wildman–Crippen LogP) is 5.42. The van der Waals surface area contributed by atoms with Crippen LogP contribution in [-0.2, 0) is 6.61 Å². The Hall–Kier alpha value is -2.91. The van der Waals surface area contributed by atoms with Gasteiger partial charge in [-0.15, -0.1) is 0 Å². The average Bonchev–Trinajstić information content (AvgIpc) is 3.27. The van der Waals surface area contributed by atoms with Crippen LogP contribution in [0.25, 0.3) is 11.7 Å². The molecule has 28 heavy (non-hydrogen) atoms. The van der Waals surface area contributed by atoms with Gasteiger partial charge in [-0.05, 0) is 49.2 Å². The lowest BCUT2D eigenvalue weighted by molar-refractivity contribution is 0.271. The molecular formula is C21H20ClN3O3. The lowest BCUT2D eigenvalue weighted by Crippen LogP contribution is -2.24. The van der Waals surface area contributed by atoms with Crippen LogP contribution in [0.4, 0.5) is 5.88 Å². The number of nitrogens with zero attached hydrogens (tertiary/aromatic N) is 3. The Morgan fingerprint density at radius 2 is 1.79 bits per heavy atom. The zero-order chi connectivity index (χ0) is 19.3. The van der Waals surface area contributed by atoms with Crippen LogP contribution in [-0.4, -0.2) is 18.1 Å². The van der Waals surface area contributed by atoms with Gasteiger partial charge in [0.1, 0.15) is 24.2 Å². The lowest BCUT2D eigenvalue weighted by atomic mass is 10.2. The third-order valence-corrected chi connectivity index (χ3v) is 4.93. The number of hydrogen-bond donors (Lipinski definition) is 0. The van der Waals surface area contributed by atoms with Crippen molar-refractivity contribution in [1.82, 2.24) is 4.98 Å². The van der Waals surface area contributed by atoms with Gasteiger partial charge >= 0.3 is 0 Å². The summed E-state index contributed by atoms with van der Waals surface area (Å²) in [5.74, 6) is 2.67. The smallest absolute Gasteiger partial charge is 0.266 e. The van der Waals surface area contributed by atoms with Gasteiger partial charge in [0.25, 0.3) is 5.89 Å². The third-order valence-electron chi connectivity index (χ3n) is 4.68. The predicted molar refractivity (Wildman–Crippen MR) is 105 cm³/mol. The summed E-state index contributed by atoms with van der Waals surface area (Å²) in [5.41, 5.74) is 0.298. The van der Waals surface area contributed by atoms with Crippen LogP contribution in [0, 0.1) is 11.3 Å². The van der Waals surface area contributed by atoms with Gasteiger partial charge in [0.05, 0.1) is 0 Å². The Balaban J connectivity index is 1.48. The van der Waals surface area contributed by atoms with Gasteiger partial charge in [-0.1, -0.05) is 24.4 Å². The first-order chi connectivity index (χ1) is 13.7. The van der Waals surface area contributed by atoms with Gasteiger partial charge in [0.2, 0.25) is 11.6 Å². The molecule has 6 nitrogen and oxygen atoms in total. The van der Waals surface area contributed by atoms with Crippen molar-refractivity contribution in [2.24, 2.45) is 0 Å². The summed E-state index contributed by atoms with van der Waals surface area (Å²) in [6.45, 7) is 2.02. The van der Waals surface area contributed by atoms with E-state index in [4.69, 9.17) is 25.2 Å². The number of ether oxygens (including phenoxy) is 1. The van der Waals surface area contributed by atoms with Crippen molar-refractivity contribution in [1.29, 1.82) is 5.26 Å². The van der Waals surface area contributed by atoms with E-state index in [-0.39, 0.29) is 6.61 Å². The van der Waals surface area contributed by atoms with E-state index in [9.17, 15) is 5.26 Å². The first-order valence-corrected chi connectivity index (χ1v) is 9.74.